The molecule has 0 aromatic heterocycles. The van der Waals surface area contributed by atoms with Crippen LogP contribution in [0.3, 0.4) is 0 Å². The highest BCUT2D eigenvalue weighted by Crippen LogP contribution is 2.20. The third kappa shape index (κ3) is 4.41. The monoisotopic (exact) mass is 290 g/mol. The molecule has 0 amide bonds. The second-order valence-electron chi connectivity index (χ2n) is 5.87. The minimum absolute atomic E-state index is 0.00240. The predicted molar refractivity (Wildman–Crippen MR) is 75.6 cm³/mol. The Kier molecular flexibility index (Phi) is 5.22. The minimum atomic E-state index is -3.12. The van der Waals surface area contributed by atoms with Gasteiger partial charge in [-0.15, -0.1) is 0 Å². The van der Waals surface area contributed by atoms with Crippen LogP contribution in [0.1, 0.15) is 33.1 Å². The van der Waals surface area contributed by atoms with E-state index in [9.17, 15) is 8.42 Å². The lowest BCUT2D eigenvalue weighted by atomic mass is 9.96. The number of morpholine rings is 1. The van der Waals surface area contributed by atoms with Crippen LogP contribution in [-0.2, 0) is 14.8 Å². The summed E-state index contributed by atoms with van der Waals surface area (Å²) >= 11 is 0. The fourth-order valence-corrected chi connectivity index (χ4v) is 4.74. The highest BCUT2D eigenvalue weighted by atomic mass is 32.2. The van der Waals surface area contributed by atoms with Gasteiger partial charge in [0.2, 0.25) is 10.0 Å². The van der Waals surface area contributed by atoms with Gasteiger partial charge in [-0.2, -0.15) is 4.31 Å². The molecule has 2 saturated heterocycles. The molecule has 0 aliphatic carbocycles. The average molecular weight is 290 g/mol. The first-order valence-electron chi connectivity index (χ1n) is 7.31. The fourth-order valence-electron chi connectivity index (χ4n) is 2.97. The number of piperidine rings is 1. The van der Waals surface area contributed by atoms with E-state index in [0.29, 0.717) is 19.0 Å². The Bertz CT molecular complexity index is 369. The van der Waals surface area contributed by atoms with Gasteiger partial charge in [0.25, 0.3) is 0 Å². The molecule has 0 aromatic rings. The third-order valence-corrected chi connectivity index (χ3v) is 5.86. The Morgan fingerprint density at radius 3 is 2.32 bits per heavy atom. The van der Waals surface area contributed by atoms with Gasteiger partial charge in [-0.25, -0.2) is 8.42 Å². The van der Waals surface area contributed by atoms with Crippen molar-refractivity contribution in [2.75, 3.05) is 31.9 Å². The molecule has 2 rings (SSSR count). The normalized spacial score (nSPS) is 31.5. The molecule has 2 fully saturated rings. The second kappa shape index (κ2) is 6.52. The van der Waals surface area contributed by atoms with Crippen LogP contribution >= 0.6 is 0 Å². The van der Waals surface area contributed by atoms with E-state index in [-0.39, 0.29) is 18.0 Å². The molecule has 2 heterocycles. The number of nitrogens with zero attached hydrogens (tertiary/aromatic N) is 1. The number of rotatable bonds is 4. The van der Waals surface area contributed by atoms with E-state index in [4.69, 9.17) is 4.74 Å². The summed E-state index contributed by atoms with van der Waals surface area (Å²) < 4.78 is 32.0. The maximum atomic E-state index is 12.4. The maximum absolute atomic E-state index is 12.4. The van der Waals surface area contributed by atoms with Crippen LogP contribution in [0.5, 0.6) is 0 Å². The van der Waals surface area contributed by atoms with Crippen molar-refractivity contribution in [3.05, 3.63) is 0 Å². The highest BCUT2D eigenvalue weighted by Gasteiger charge is 2.31. The number of ether oxygens (including phenoxy) is 1. The Labute approximate surface area is 116 Å². The van der Waals surface area contributed by atoms with Crippen LogP contribution in [0.15, 0.2) is 0 Å². The molecule has 0 unspecified atom stereocenters. The molecule has 2 aliphatic heterocycles. The van der Waals surface area contributed by atoms with Crippen LogP contribution in [0, 0.1) is 5.92 Å². The Morgan fingerprint density at radius 1 is 1.16 bits per heavy atom. The predicted octanol–water partition coefficient (Wildman–Crippen LogP) is 0.815. The smallest absolute Gasteiger partial charge is 0.214 e. The van der Waals surface area contributed by atoms with Gasteiger partial charge in [0.1, 0.15) is 0 Å². The standard InChI is InChI=1S/C13H26N2O3S/c1-11-9-15(10-12(2)18-11)19(16,17)8-5-13-3-6-14-7-4-13/h11-14H,3-10H2,1-2H3/t11-,12+. The molecule has 2 aliphatic rings. The number of sulfonamides is 1. The van der Waals surface area contributed by atoms with Gasteiger partial charge < -0.3 is 10.1 Å². The van der Waals surface area contributed by atoms with Gasteiger partial charge in [-0.1, -0.05) is 0 Å². The summed E-state index contributed by atoms with van der Waals surface area (Å²) in [7, 11) is -3.12. The van der Waals surface area contributed by atoms with E-state index < -0.39 is 10.0 Å². The van der Waals surface area contributed by atoms with Crippen molar-refractivity contribution >= 4 is 10.0 Å². The van der Waals surface area contributed by atoms with E-state index in [1.165, 1.54) is 0 Å². The summed E-state index contributed by atoms with van der Waals surface area (Å²) in [4.78, 5) is 0. The number of hydrogen-bond acceptors (Lipinski definition) is 4. The van der Waals surface area contributed by atoms with E-state index in [1.54, 1.807) is 4.31 Å². The van der Waals surface area contributed by atoms with E-state index >= 15 is 0 Å². The molecule has 2 atom stereocenters. The van der Waals surface area contributed by atoms with Gasteiger partial charge in [-0.3, -0.25) is 0 Å². The van der Waals surface area contributed by atoms with Gasteiger partial charge in [0, 0.05) is 13.1 Å². The van der Waals surface area contributed by atoms with Crippen molar-refractivity contribution in [2.24, 2.45) is 5.92 Å². The van der Waals surface area contributed by atoms with E-state index in [0.717, 1.165) is 32.4 Å². The van der Waals surface area contributed by atoms with Crippen molar-refractivity contribution in [3.63, 3.8) is 0 Å². The molecular weight excluding hydrogens is 264 g/mol. The average Bonchev–Trinajstić information content (AvgIpc) is 2.37. The van der Waals surface area contributed by atoms with Crippen molar-refractivity contribution in [1.29, 1.82) is 0 Å². The largest absolute Gasteiger partial charge is 0.373 e. The van der Waals surface area contributed by atoms with Crippen LogP contribution in [0.4, 0.5) is 0 Å². The Hall–Kier alpha value is -0.170. The van der Waals surface area contributed by atoms with Gasteiger partial charge >= 0.3 is 0 Å². The maximum Gasteiger partial charge on any atom is 0.214 e. The summed E-state index contributed by atoms with van der Waals surface area (Å²) in [6.07, 6.45) is 3.00. The van der Waals surface area contributed by atoms with E-state index in [2.05, 4.69) is 5.32 Å². The lowest BCUT2D eigenvalue weighted by Crippen LogP contribution is -2.49. The van der Waals surface area contributed by atoms with Crippen LogP contribution in [0.2, 0.25) is 0 Å². The molecule has 0 saturated carbocycles. The zero-order valence-electron chi connectivity index (χ0n) is 12.0. The topological polar surface area (TPSA) is 58.6 Å². The highest BCUT2D eigenvalue weighted by molar-refractivity contribution is 7.89. The Balaban J connectivity index is 1.86. The summed E-state index contributed by atoms with van der Waals surface area (Å²) in [6, 6.07) is 0. The summed E-state index contributed by atoms with van der Waals surface area (Å²) in [5, 5.41) is 3.31. The zero-order valence-corrected chi connectivity index (χ0v) is 12.8. The molecule has 1 N–H and O–H groups in total. The minimum Gasteiger partial charge on any atom is -0.373 e. The zero-order chi connectivity index (χ0) is 13.9. The van der Waals surface area contributed by atoms with Gasteiger partial charge in [0.15, 0.2) is 0 Å². The molecule has 6 heteroatoms. The second-order valence-corrected chi connectivity index (χ2v) is 7.96. The molecule has 0 radical (unpaired) electrons. The lowest BCUT2D eigenvalue weighted by Gasteiger charge is -2.34. The first-order valence-corrected chi connectivity index (χ1v) is 8.92. The quantitative estimate of drug-likeness (QED) is 0.832. The number of nitrogens with one attached hydrogen (secondary N) is 1. The van der Waals surface area contributed by atoms with Gasteiger partial charge in [-0.05, 0) is 52.1 Å². The van der Waals surface area contributed by atoms with Crippen molar-refractivity contribution in [2.45, 2.75) is 45.3 Å². The van der Waals surface area contributed by atoms with Crippen molar-refractivity contribution < 1.29 is 13.2 Å². The third-order valence-electron chi connectivity index (χ3n) is 4.02. The Morgan fingerprint density at radius 2 is 1.74 bits per heavy atom. The van der Waals surface area contributed by atoms with Gasteiger partial charge in [0.05, 0.1) is 18.0 Å². The molecule has 19 heavy (non-hydrogen) atoms. The van der Waals surface area contributed by atoms with Crippen LogP contribution in [-0.4, -0.2) is 56.9 Å². The number of hydrogen-bond donors (Lipinski definition) is 1. The first kappa shape index (κ1) is 15.2. The van der Waals surface area contributed by atoms with Crippen LogP contribution in [0.25, 0.3) is 0 Å². The summed E-state index contributed by atoms with van der Waals surface area (Å²) in [5.41, 5.74) is 0. The van der Waals surface area contributed by atoms with Crippen molar-refractivity contribution in [3.8, 4) is 0 Å². The summed E-state index contributed by atoms with van der Waals surface area (Å²) in [5.74, 6) is 0.851. The molecule has 0 aromatic carbocycles. The fraction of sp³-hybridized carbons (Fsp3) is 1.00. The molecule has 0 bridgehead atoms. The SMILES string of the molecule is C[C@@H]1CN(S(=O)(=O)CCC2CCNCC2)C[C@H](C)O1. The molecule has 112 valence electrons. The van der Waals surface area contributed by atoms with Crippen molar-refractivity contribution in [1.82, 2.24) is 9.62 Å². The van der Waals surface area contributed by atoms with E-state index in [1.807, 2.05) is 13.8 Å². The molecule has 5 nitrogen and oxygen atoms in total. The molecular formula is C13H26N2O3S. The summed E-state index contributed by atoms with van der Waals surface area (Å²) in [6.45, 7) is 6.92. The molecule has 0 spiro atoms. The first-order chi connectivity index (χ1) is 8.97. The lowest BCUT2D eigenvalue weighted by molar-refractivity contribution is -0.0441. The van der Waals surface area contributed by atoms with Crippen LogP contribution < -0.4 is 5.32 Å².